The van der Waals surface area contributed by atoms with E-state index in [1.807, 2.05) is 0 Å². The molecular formula is C14H11ClFNO3. The molecule has 1 atom stereocenters. The third kappa shape index (κ3) is 3.31. The number of hydrogen-bond acceptors (Lipinski definition) is 3. The van der Waals surface area contributed by atoms with Crippen molar-refractivity contribution in [3.8, 4) is 0 Å². The van der Waals surface area contributed by atoms with Crippen LogP contribution in [-0.2, 0) is 6.42 Å². The molecule has 0 amide bonds. The highest BCUT2D eigenvalue weighted by Crippen LogP contribution is 2.24. The quantitative estimate of drug-likeness (QED) is 0.691. The van der Waals surface area contributed by atoms with Crippen LogP contribution >= 0.6 is 11.6 Å². The first-order valence-corrected chi connectivity index (χ1v) is 6.21. The molecule has 0 aromatic heterocycles. The summed E-state index contributed by atoms with van der Waals surface area (Å²) in [6.07, 6.45) is -0.588. The Kier molecular flexibility index (Phi) is 4.32. The Labute approximate surface area is 119 Å². The highest BCUT2D eigenvalue weighted by molar-refractivity contribution is 6.30. The summed E-state index contributed by atoms with van der Waals surface area (Å²) < 4.78 is 13.0. The normalized spacial score (nSPS) is 12.2. The molecular weight excluding hydrogens is 285 g/mol. The van der Waals surface area contributed by atoms with Crippen LogP contribution < -0.4 is 0 Å². The number of nitrogens with zero attached hydrogens (tertiary/aromatic N) is 1. The number of nitro groups is 1. The number of aliphatic hydroxyl groups excluding tert-OH is 1. The minimum atomic E-state index is -0.852. The molecule has 4 nitrogen and oxygen atoms in total. The van der Waals surface area contributed by atoms with Gasteiger partial charge in [0.05, 0.1) is 16.0 Å². The second kappa shape index (κ2) is 5.98. The van der Waals surface area contributed by atoms with Crippen LogP contribution in [0.5, 0.6) is 0 Å². The summed E-state index contributed by atoms with van der Waals surface area (Å²) in [5.41, 5.74) is 1.23. The molecule has 0 aliphatic carbocycles. The summed E-state index contributed by atoms with van der Waals surface area (Å²) in [4.78, 5) is 10.0. The van der Waals surface area contributed by atoms with Gasteiger partial charge in [0.2, 0.25) is 0 Å². The Balaban J connectivity index is 2.12. The lowest BCUT2D eigenvalue weighted by Gasteiger charge is -2.11. The maximum atomic E-state index is 13.0. The highest BCUT2D eigenvalue weighted by Gasteiger charge is 2.12. The summed E-state index contributed by atoms with van der Waals surface area (Å²) in [6, 6.07) is 9.92. The van der Waals surface area contributed by atoms with Crippen LogP contribution in [0.25, 0.3) is 0 Å². The second-order valence-corrected chi connectivity index (χ2v) is 4.72. The van der Waals surface area contributed by atoms with Gasteiger partial charge in [0.25, 0.3) is 5.69 Å². The maximum absolute atomic E-state index is 13.0. The van der Waals surface area contributed by atoms with Crippen LogP contribution in [0.2, 0.25) is 5.02 Å². The number of aliphatic hydroxyl groups is 1. The molecule has 104 valence electrons. The van der Waals surface area contributed by atoms with Gasteiger partial charge in [0.15, 0.2) is 0 Å². The third-order valence-electron chi connectivity index (χ3n) is 2.90. The molecule has 0 bridgehead atoms. The summed E-state index contributed by atoms with van der Waals surface area (Å²) in [6.45, 7) is 0. The van der Waals surface area contributed by atoms with Crippen molar-refractivity contribution < 1.29 is 14.4 Å². The van der Waals surface area contributed by atoms with Gasteiger partial charge in [-0.05, 0) is 23.3 Å². The monoisotopic (exact) mass is 295 g/mol. The van der Waals surface area contributed by atoms with Crippen molar-refractivity contribution >= 4 is 17.3 Å². The van der Waals surface area contributed by atoms with Crippen LogP contribution in [0.4, 0.5) is 10.1 Å². The van der Waals surface area contributed by atoms with Gasteiger partial charge in [-0.1, -0.05) is 29.8 Å². The Morgan fingerprint density at radius 2 is 1.90 bits per heavy atom. The zero-order chi connectivity index (χ0) is 14.7. The first-order chi connectivity index (χ1) is 9.47. The smallest absolute Gasteiger partial charge is 0.269 e. The molecule has 0 saturated heterocycles. The lowest BCUT2D eigenvalue weighted by Crippen LogP contribution is -2.02. The van der Waals surface area contributed by atoms with Gasteiger partial charge in [-0.3, -0.25) is 10.1 Å². The van der Waals surface area contributed by atoms with Crippen LogP contribution in [0.3, 0.4) is 0 Å². The van der Waals surface area contributed by atoms with Crippen LogP contribution in [0.1, 0.15) is 17.2 Å². The maximum Gasteiger partial charge on any atom is 0.269 e. The van der Waals surface area contributed by atoms with Crippen molar-refractivity contribution in [3.05, 3.63) is 74.5 Å². The zero-order valence-corrected chi connectivity index (χ0v) is 11.0. The number of nitro benzene ring substituents is 1. The zero-order valence-electron chi connectivity index (χ0n) is 10.3. The fraction of sp³-hybridized carbons (Fsp3) is 0.143. The first kappa shape index (κ1) is 14.4. The molecule has 0 fully saturated rings. The summed E-state index contributed by atoms with van der Waals surface area (Å²) in [7, 11) is 0. The standard InChI is InChI=1S/C14H11ClFNO3/c15-12-8-10(3-6-13(12)16)14(18)7-9-1-4-11(5-2-9)17(19)20/h1-6,8,14,18H,7H2. The Bertz CT molecular complexity index is 631. The van der Waals surface area contributed by atoms with E-state index < -0.39 is 16.8 Å². The van der Waals surface area contributed by atoms with Crippen LogP contribution in [-0.4, -0.2) is 10.0 Å². The van der Waals surface area contributed by atoms with E-state index in [1.165, 1.54) is 30.3 Å². The number of hydrogen-bond donors (Lipinski definition) is 1. The fourth-order valence-corrected chi connectivity index (χ4v) is 2.00. The van der Waals surface area contributed by atoms with Crippen molar-refractivity contribution in [3.63, 3.8) is 0 Å². The molecule has 0 heterocycles. The lowest BCUT2D eigenvalue weighted by molar-refractivity contribution is -0.384. The van der Waals surface area contributed by atoms with E-state index in [0.717, 1.165) is 5.56 Å². The number of non-ortho nitro benzene ring substituents is 1. The minimum Gasteiger partial charge on any atom is -0.388 e. The predicted molar refractivity (Wildman–Crippen MR) is 73.2 cm³/mol. The van der Waals surface area contributed by atoms with E-state index in [-0.39, 0.29) is 17.1 Å². The van der Waals surface area contributed by atoms with Gasteiger partial charge in [0.1, 0.15) is 5.82 Å². The molecule has 0 radical (unpaired) electrons. The largest absolute Gasteiger partial charge is 0.388 e. The molecule has 0 aliphatic rings. The van der Waals surface area contributed by atoms with Crippen molar-refractivity contribution in [2.45, 2.75) is 12.5 Å². The van der Waals surface area contributed by atoms with E-state index >= 15 is 0 Å². The fourth-order valence-electron chi connectivity index (χ4n) is 1.81. The van der Waals surface area contributed by atoms with E-state index in [2.05, 4.69) is 0 Å². The number of benzene rings is 2. The van der Waals surface area contributed by atoms with Crippen molar-refractivity contribution in [2.24, 2.45) is 0 Å². The summed E-state index contributed by atoms with van der Waals surface area (Å²) >= 11 is 5.66. The molecule has 0 spiro atoms. The third-order valence-corrected chi connectivity index (χ3v) is 3.19. The first-order valence-electron chi connectivity index (χ1n) is 5.83. The molecule has 2 rings (SSSR count). The average molecular weight is 296 g/mol. The Hall–Kier alpha value is -1.98. The van der Waals surface area contributed by atoms with Crippen molar-refractivity contribution in [1.82, 2.24) is 0 Å². The molecule has 2 aromatic rings. The van der Waals surface area contributed by atoms with Gasteiger partial charge in [0, 0.05) is 18.6 Å². The molecule has 0 saturated carbocycles. The average Bonchev–Trinajstić information content (AvgIpc) is 2.42. The van der Waals surface area contributed by atoms with Crippen LogP contribution in [0.15, 0.2) is 42.5 Å². The second-order valence-electron chi connectivity index (χ2n) is 4.32. The molecule has 0 aliphatic heterocycles. The number of halogens is 2. The van der Waals surface area contributed by atoms with Crippen molar-refractivity contribution in [1.29, 1.82) is 0 Å². The molecule has 20 heavy (non-hydrogen) atoms. The van der Waals surface area contributed by atoms with E-state index in [0.29, 0.717) is 5.56 Å². The summed E-state index contributed by atoms with van der Waals surface area (Å²) in [5, 5.41) is 20.5. The van der Waals surface area contributed by atoms with Gasteiger partial charge in [-0.25, -0.2) is 4.39 Å². The molecule has 6 heteroatoms. The van der Waals surface area contributed by atoms with E-state index in [1.54, 1.807) is 12.1 Å². The topological polar surface area (TPSA) is 63.4 Å². The lowest BCUT2D eigenvalue weighted by atomic mass is 10.0. The molecule has 1 N–H and O–H groups in total. The predicted octanol–water partition coefficient (Wildman–Crippen LogP) is 3.66. The van der Waals surface area contributed by atoms with E-state index in [4.69, 9.17) is 11.6 Å². The van der Waals surface area contributed by atoms with Crippen LogP contribution in [0, 0.1) is 15.9 Å². The van der Waals surface area contributed by atoms with Gasteiger partial charge in [-0.2, -0.15) is 0 Å². The SMILES string of the molecule is O=[N+]([O-])c1ccc(CC(O)c2ccc(F)c(Cl)c2)cc1. The minimum absolute atomic E-state index is 0.00642. The van der Waals surface area contributed by atoms with E-state index in [9.17, 15) is 19.6 Å². The Morgan fingerprint density at radius 3 is 2.45 bits per heavy atom. The molecule has 2 aromatic carbocycles. The highest BCUT2D eigenvalue weighted by atomic mass is 35.5. The summed E-state index contributed by atoms with van der Waals surface area (Å²) in [5.74, 6) is -0.544. The van der Waals surface area contributed by atoms with Gasteiger partial charge >= 0.3 is 0 Å². The van der Waals surface area contributed by atoms with Crippen molar-refractivity contribution in [2.75, 3.05) is 0 Å². The molecule has 1 unspecified atom stereocenters. The van der Waals surface area contributed by atoms with Gasteiger partial charge < -0.3 is 5.11 Å². The Morgan fingerprint density at radius 1 is 1.25 bits per heavy atom. The number of rotatable bonds is 4. The van der Waals surface area contributed by atoms with Gasteiger partial charge in [-0.15, -0.1) is 0 Å².